The van der Waals surface area contributed by atoms with Gasteiger partial charge in [0.1, 0.15) is 19.8 Å². The molecule has 0 N–H and O–H groups in total. The number of nitrogens with zero attached hydrogens (tertiary/aromatic N) is 4. The zero-order valence-corrected chi connectivity index (χ0v) is 23.2. The van der Waals surface area contributed by atoms with Crippen LogP contribution in [0.4, 0.5) is 4.79 Å². The largest absolute Gasteiger partial charge is 0.369 e. The van der Waals surface area contributed by atoms with Gasteiger partial charge in [-0.15, -0.1) is 0 Å². The lowest BCUT2D eigenvalue weighted by Gasteiger charge is -2.40. The van der Waals surface area contributed by atoms with Gasteiger partial charge in [0.15, 0.2) is 5.78 Å². The number of carbonyl (C=O) groups is 4. The fourth-order valence-electron chi connectivity index (χ4n) is 3.32. The van der Waals surface area contributed by atoms with Gasteiger partial charge >= 0.3 is 6.03 Å². The Balaban J connectivity index is 0.00000274. The smallest absolute Gasteiger partial charge is 0.320 e. The minimum absolute atomic E-state index is 0.00598. The first-order chi connectivity index (χ1) is 16.7. The molecule has 2 aliphatic rings. The number of piperazine rings is 2. The summed E-state index contributed by atoms with van der Waals surface area (Å²) in [6, 6.07) is -0.0589. The van der Waals surface area contributed by atoms with Crippen LogP contribution in [0.15, 0.2) is 0 Å². The van der Waals surface area contributed by atoms with E-state index < -0.39 is 0 Å². The second kappa shape index (κ2) is 18.1. The van der Waals surface area contributed by atoms with Gasteiger partial charge in [0.2, 0.25) is 11.8 Å². The average molecular weight is 501 g/mol. The van der Waals surface area contributed by atoms with E-state index in [0.717, 1.165) is 0 Å². The Morgan fingerprint density at radius 3 is 1.34 bits per heavy atom. The lowest BCUT2D eigenvalue weighted by molar-refractivity contribution is -0.139. The lowest BCUT2D eigenvalue weighted by atomic mass is 10.1. The van der Waals surface area contributed by atoms with Crippen molar-refractivity contribution < 1.29 is 28.7 Å². The Labute approximate surface area is 211 Å². The fraction of sp³-hybridized carbons (Fsp3) is 0.840. The van der Waals surface area contributed by atoms with E-state index in [1.807, 2.05) is 41.5 Å². The number of hydrogen-bond acceptors (Lipinski definition) is 6. The van der Waals surface area contributed by atoms with Crippen molar-refractivity contribution in [1.29, 1.82) is 0 Å². The highest BCUT2D eigenvalue weighted by molar-refractivity contribution is 5.82. The van der Waals surface area contributed by atoms with Gasteiger partial charge in [0, 0.05) is 58.3 Å². The summed E-state index contributed by atoms with van der Waals surface area (Å²) in [6.07, 6.45) is 0.00598. The third-order valence-electron chi connectivity index (χ3n) is 5.46. The SMILES string of the molecule is CC.CC.CC(C)OCC(=O)N1CCN(C(=O)N2CCN(C(=O)COCC(=O)C(C)C)CC2)CC1. The molecule has 2 heterocycles. The van der Waals surface area contributed by atoms with Crippen LogP contribution in [-0.2, 0) is 23.9 Å². The molecule has 0 saturated carbocycles. The quantitative estimate of drug-likeness (QED) is 0.506. The maximum Gasteiger partial charge on any atom is 0.320 e. The third-order valence-corrected chi connectivity index (χ3v) is 5.46. The number of ketones is 1. The van der Waals surface area contributed by atoms with Crippen molar-refractivity contribution in [3.63, 3.8) is 0 Å². The van der Waals surface area contributed by atoms with Crippen LogP contribution in [0.1, 0.15) is 55.4 Å². The summed E-state index contributed by atoms with van der Waals surface area (Å²) in [4.78, 5) is 55.6. The van der Waals surface area contributed by atoms with Crippen LogP contribution in [0.25, 0.3) is 0 Å². The van der Waals surface area contributed by atoms with Gasteiger partial charge in [-0.2, -0.15) is 0 Å². The number of rotatable bonds is 8. The van der Waals surface area contributed by atoms with Crippen LogP contribution in [-0.4, -0.2) is 122 Å². The number of hydrogen-bond donors (Lipinski definition) is 0. The molecular formula is C25H48N4O6. The number of urea groups is 1. The topological polar surface area (TPSA) is 99.7 Å². The molecule has 10 heteroatoms. The summed E-state index contributed by atoms with van der Waals surface area (Å²) in [6.45, 7) is 19.0. The van der Waals surface area contributed by atoms with Crippen molar-refractivity contribution in [2.75, 3.05) is 72.2 Å². The minimum Gasteiger partial charge on any atom is -0.369 e. The van der Waals surface area contributed by atoms with Crippen molar-refractivity contribution >= 4 is 23.6 Å². The van der Waals surface area contributed by atoms with Crippen LogP contribution in [0, 0.1) is 5.92 Å². The summed E-state index contributed by atoms with van der Waals surface area (Å²) in [5, 5.41) is 0. The molecule has 0 spiro atoms. The van der Waals surface area contributed by atoms with E-state index in [0.29, 0.717) is 52.4 Å². The van der Waals surface area contributed by atoms with Gasteiger partial charge in [0.25, 0.3) is 0 Å². The van der Waals surface area contributed by atoms with Crippen LogP contribution in [0.3, 0.4) is 0 Å². The number of ether oxygens (including phenoxy) is 2. The van der Waals surface area contributed by atoms with Gasteiger partial charge in [-0.1, -0.05) is 41.5 Å². The van der Waals surface area contributed by atoms with Crippen LogP contribution >= 0.6 is 0 Å². The Hall–Kier alpha value is -2.20. The lowest BCUT2D eigenvalue weighted by Crippen LogP contribution is -2.58. The van der Waals surface area contributed by atoms with Gasteiger partial charge in [-0.25, -0.2) is 4.79 Å². The minimum atomic E-state index is -0.167. The standard InChI is InChI=1S/C21H36N4O6.2C2H6/c1-16(2)18(26)13-30-14-19(27)22-5-9-24(10-6-22)21(29)25-11-7-23(8-12-25)20(28)15-31-17(3)4;2*1-2/h16-17H,5-15H2,1-4H3;2*1-2H3. The maximum absolute atomic E-state index is 12.8. The molecular weight excluding hydrogens is 452 g/mol. The predicted octanol–water partition coefficient (Wildman–Crippen LogP) is 2.11. The fourth-order valence-corrected chi connectivity index (χ4v) is 3.32. The molecule has 0 unspecified atom stereocenters. The van der Waals surface area contributed by atoms with Crippen LogP contribution in [0.5, 0.6) is 0 Å². The van der Waals surface area contributed by atoms with Crippen LogP contribution < -0.4 is 0 Å². The molecule has 35 heavy (non-hydrogen) atoms. The molecule has 0 aliphatic carbocycles. The molecule has 0 atom stereocenters. The van der Waals surface area contributed by atoms with Crippen LogP contribution in [0.2, 0.25) is 0 Å². The average Bonchev–Trinajstić information content (AvgIpc) is 2.89. The van der Waals surface area contributed by atoms with E-state index in [1.54, 1.807) is 33.4 Å². The van der Waals surface area contributed by atoms with Crippen molar-refractivity contribution in [1.82, 2.24) is 19.6 Å². The van der Waals surface area contributed by atoms with E-state index in [9.17, 15) is 19.2 Å². The molecule has 204 valence electrons. The van der Waals surface area contributed by atoms with Gasteiger partial charge in [-0.3, -0.25) is 14.4 Å². The molecule has 0 aromatic heterocycles. The van der Waals surface area contributed by atoms with E-state index in [4.69, 9.17) is 9.47 Å². The Morgan fingerprint density at radius 2 is 0.971 bits per heavy atom. The molecule has 4 amide bonds. The highest BCUT2D eigenvalue weighted by Gasteiger charge is 2.30. The molecule has 0 radical (unpaired) electrons. The summed E-state index contributed by atoms with van der Waals surface area (Å²) in [5.74, 6) is -0.361. The summed E-state index contributed by atoms with van der Waals surface area (Å²) in [5.41, 5.74) is 0. The summed E-state index contributed by atoms with van der Waals surface area (Å²) >= 11 is 0. The van der Waals surface area contributed by atoms with Gasteiger partial charge < -0.3 is 29.1 Å². The van der Waals surface area contributed by atoms with E-state index in [1.165, 1.54) is 0 Å². The number of Topliss-reactive ketones (excluding diaryl/α,β-unsaturated/α-hetero) is 1. The number of carbonyl (C=O) groups excluding carboxylic acids is 4. The molecule has 2 aliphatic heterocycles. The molecule has 0 aromatic rings. The monoisotopic (exact) mass is 500 g/mol. The second-order valence-electron chi connectivity index (χ2n) is 8.49. The predicted molar refractivity (Wildman–Crippen MR) is 136 cm³/mol. The first-order valence-corrected chi connectivity index (χ1v) is 13.0. The number of amides is 4. The van der Waals surface area contributed by atoms with Gasteiger partial charge in [0.05, 0.1) is 6.10 Å². The first-order valence-electron chi connectivity index (χ1n) is 13.0. The zero-order valence-electron chi connectivity index (χ0n) is 23.2. The zero-order chi connectivity index (χ0) is 27.0. The second-order valence-corrected chi connectivity index (χ2v) is 8.49. The third kappa shape index (κ3) is 11.9. The Bertz CT molecular complexity index is 640. The van der Waals surface area contributed by atoms with Gasteiger partial charge in [-0.05, 0) is 13.8 Å². The van der Waals surface area contributed by atoms with Crippen molar-refractivity contribution in [3.05, 3.63) is 0 Å². The Morgan fingerprint density at radius 1 is 0.600 bits per heavy atom. The first kappa shape index (κ1) is 32.8. The molecule has 0 bridgehead atoms. The normalized spacial score (nSPS) is 15.8. The van der Waals surface area contributed by atoms with E-state index in [-0.39, 0.29) is 55.5 Å². The van der Waals surface area contributed by atoms with Crippen molar-refractivity contribution in [3.8, 4) is 0 Å². The molecule has 10 nitrogen and oxygen atoms in total. The summed E-state index contributed by atoms with van der Waals surface area (Å²) in [7, 11) is 0. The highest BCUT2D eigenvalue weighted by atomic mass is 16.5. The van der Waals surface area contributed by atoms with E-state index in [2.05, 4.69) is 0 Å². The van der Waals surface area contributed by atoms with E-state index >= 15 is 0 Å². The van der Waals surface area contributed by atoms with Crippen molar-refractivity contribution in [2.45, 2.75) is 61.5 Å². The van der Waals surface area contributed by atoms with Crippen molar-refractivity contribution in [2.24, 2.45) is 5.92 Å². The maximum atomic E-state index is 12.8. The Kier molecular flexibility index (Phi) is 17.0. The molecule has 0 aromatic carbocycles. The molecule has 2 saturated heterocycles. The highest BCUT2D eigenvalue weighted by Crippen LogP contribution is 2.10. The molecule has 2 rings (SSSR count). The molecule has 2 fully saturated rings. The summed E-state index contributed by atoms with van der Waals surface area (Å²) < 4.78 is 10.6.